The van der Waals surface area contributed by atoms with E-state index in [1.165, 1.54) is 24.3 Å². The zero-order valence-corrected chi connectivity index (χ0v) is 13.3. The summed E-state index contributed by atoms with van der Waals surface area (Å²) >= 11 is 0. The molecule has 1 aromatic carbocycles. The van der Waals surface area contributed by atoms with Gasteiger partial charge in [-0.2, -0.15) is 4.31 Å². The second-order valence-corrected chi connectivity index (χ2v) is 6.93. The number of hydrogen-bond donors (Lipinski definition) is 0. The molecule has 0 aromatic heterocycles. The molecule has 0 spiro atoms. The summed E-state index contributed by atoms with van der Waals surface area (Å²) in [5, 5.41) is 2.71. The fourth-order valence-electron chi connectivity index (χ4n) is 2.23. The van der Waals surface area contributed by atoms with Gasteiger partial charge in [0, 0.05) is 19.0 Å². The molecule has 1 saturated heterocycles. The van der Waals surface area contributed by atoms with E-state index in [1.807, 2.05) is 0 Å². The first-order valence-corrected chi connectivity index (χ1v) is 8.45. The molecule has 1 heterocycles. The number of Topliss-reactive ketones (excluding diaryl/α,β-unsaturated/α-hetero) is 1. The van der Waals surface area contributed by atoms with E-state index in [9.17, 15) is 22.9 Å². The van der Waals surface area contributed by atoms with Gasteiger partial charge in [0.15, 0.2) is 0 Å². The first-order valence-electron chi connectivity index (χ1n) is 7.01. The number of nitrogens with zero attached hydrogens (tertiary/aromatic N) is 2. The zero-order chi connectivity index (χ0) is 17.0. The summed E-state index contributed by atoms with van der Waals surface area (Å²) in [6.45, 7) is 1.78. The van der Waals surface area contributed by atoms with Gasteiger partial charge in [0.05, 0.1) is 6.61 Å². The van der Waals surface area contributed by atoms with Crippen molar-refractivity contribution in [1.82, 2.24) is 4.31 Å². The molecule has 0 bridgehead atoms. The van der Waals surface area contributed by atoms with E-state index < -0.39 is 21.9 Å². The highest BCUT2D eigenvalue weighted by molar-refractivity contribution is 7.89. The normalized spacial score (nSPS) is 15.7. The predicted octanol–water partition coefficient (Wildman–Crippen LogP) is 1.23. The Morgan fingerprint density at radius 2 is 1.96 bits per heavy atom. The molecule has 23 heavy (non-hydrogen) atoms. The lowest BCUT2D eigenvalue weighted by Crippen LogP contribution is -2.53. The first kappa shape index (κ1) is 17.2. The Balaban J connectivity index is 2.02. The summed E-state index contributed by atoms with van der Waals surface area (Å²) in [5.41, 5.74) is -0.172. The molecular formula is C14H16N2O6S. The van der Waals surface area contributed by atoms with Gasteiger partial charge < -0.3 is 4.74 Å². The largest absolute Gasteiger partial charge is 0.466 e. The average molecular weight is 340 g/mol. The summed E-state index contributed by atoms with van der Waals surface area (Å²) in [7, 11) is -3.88. The Morgan fingerprint density at radius 3 is 2.57 bits per heavy atom. The minimum absolute atomic E-state index is 0.0201. The van der Waals surface area contributed by atoms with Crippen LogP contribution in [-0.2, 0) is 24.3 Å². The molecule has 124 valence electrons. The van der Waals surface area contributed by atoms with Crippen molar-refractivity contribution in [3.8, 4) is 0 Å². The average Bonchev–Trinajstić information content (AvgIpc) is 2.45. The Morgan fingerprint density at radius 1 is 1.30 bits per heavy atom. The Kier molecular flexibility index (Phi) is 5.22. The van der Waals surface area contributed by atoms with Gasteiger partial charge in [-0.25, -0.2) is 8.42 Å². The van der Waals surface area contributed by atoms with E-state index in [0.29, 0.717) is 0 Å². The van der Waals surface area contributed by atoms with Crippen LogP contribution in [0, 0.1) is 10.8 Å². The highest BCUT2D eigenvalue weighted by atomic mass is 32.2. The van der Waals surface area contributed by atoms with Crippen molar-refractivity contribution in [2.75, 3.05) is 19.7 Å². The summed E-state index contributed by atoms with van der Waals surface area (Å²) in [4.78, 5) is 33.6. The van der Waals surface area contributed by atoms with E-state index >= 15 is 0 Å². The smallest absolute Gasteiger partial charge is 0.313 e. The van der Waals surface area contributed by atoms with E-state index in [-0.39, 0.29) is 42.5 Å². The van der Waals surface area contributed by atoms with Crippen molar-refractivity contribution in [3.05, 3.63) is 29.2 Å². The van der Waals surface area contributed by atoms with Crippen LogP contribution in [0.5, 0.6) is 0 Å². The van der Waals surface area contributed by atoms with Gasteiger partial charge >= 0.3 is 5.97 Å². The molecule has 1 aliphatic heterocycles. The lowest BCUT2D eigenvalue weighted by molar-refractivity contribution is -0.147. The molecule has 0 aliphatic carbocycles. The molecule has 1 aromatic rings. The number of ether oxygens (including phenoxy) is 1. The van der Waals surface area contributed by atoms with Crippen LogP contribution >= 0.6 is 0 Å². The Bertz CT molecular complexity index is 725. The van der Waals surface area contributed by atoms with Gasteiger partial charge in [-0.1, -0.05) is 12.1 Å². The molecule has 0 unspecified atom stereocenters. The van der Waals surface area contributed by atoms with Gasteiger partial charge in [0.25, 0.3) is 0 Å². The minimum Gasteiger partial charge on any atom is -0.466 e. The number of ketones is 1. The number of carbonyl (C=O) groups is 2. The maximum absolute atomic E-state index is 12.4. The first-order chi connectivity index (χ1) is 10.9. The second-order valence-electron chi connectivity index (χ2n) is 5.03. The van der Waals surface area contributed by atoms with Gasteiger partial charge in [0.1, 0.15) is 22.8 Å². The van der Waals surface area contributed by atoms with Gasteiger partial charge in [-0.15, -0.1) is 4.91 Å². The van der Waals surface area contributed by atoms with E-state index in [2.05, 4.69) is 9.91 Å². The number of esters is 1. The summed E-state index contributed by atoms with van der Waals surface area (Å²) < 4.78 is 30.6. The Hall–Kier alpha value is -2.13. The lowest BCUT2D eigenvalue weighted by atomic mass is 9.96. The quantitative estimate of drug-likeness (QED) is 0.419. The standard InChI is InChI=1S/C14H16N2O6S/c1-2-22-14(18)7-12(17)10-8-16(9-10)23(20,21)13-6-4-3-5-11(13)15-19/h3-6,10H,2,7-9H2,1H3. The second kappa shape index (κ2) is 6.97. The molecule has 0 N–H and O–H groups in total. The van der Waals surface area contributed by atoms with Crippen molar-refractivity contribution in [3.63, 3.8) is 0 Å². The molecule has 1 aliphatic rings. The van der Waals surface area contributed by atoms with Crippen LogP contribution in [0.15, 0.2) is 34.3 Å². The van der Waals surface area contributed by atoms with Crippen molar-refractivity contribution < 1.29 is 22.7 Å². The highest BCUT2D eigenvalue weighted by Crippen LogP contribution is 2.31. The number of hydrogen-bond acceptors (Lipinski definition) is 7. The third kappa shape index (κ3) is 3.62. The maximum atomic E-state index is 12.4. The zero-order valence-electron chi connectivity index (χ0n) is 12.5. The van der Waals surface area contributed by atoms with Crippen molar-refractivity contribution in [2.24, 2.45) is 11.1 Å². The summed E-state index contributed by atoms with van der Waals surface area (Å²) in [5.74, 6) is -1.50. The molecule has 0 radical (unpaired) electrons. The molecule has 2 rings (SSSR count). The topological polar surface area (TPSA) is 110 Å². The van der Waals surface area contributed by atoms with E-state index in [1.54, 1.807) is 6.92 Å². The third-order valence-corrected chi connectivity index (χ3v) is 5.39. The maximum Gasteiger partial charge on any atom is 0.313 e. The summed E-state index contributed by atoms with van der Waals surface area (Å²) in [6, 6.07) is 5.60. The van der Waals surface area contributed by atoms with Gasteiger partial charge in [0.2, 0.25) is 10.0 Å². The molecule has 8 nitrogen and oxygen atoms in total. The molecule has 9 heteroatoms. The van der Waals surface area contributed by atoms with Crippen LogP contribution in [0.4, 0.5) is 5.69 Å². The Labute approximate surface area is 133 Å². The predicted molar refractivity (Wildman–Crippen MR) is 80.4 cm³/mol. The molecule has 0 atom stereocenters. The van der Waals surface area contributed by atoms with Gasteiger partial charge in [-0.3, -0.25) is 9.59 Å². The number of sulfonamides is 1. The molecule has 0 saturated carbocycles. The molecular weight excluding hydrogens is 324 g/mol. The molecule has 0 amide bonds. The SMILES string of the molecule is CCOC(=O)CC(=O)C1CN(S(=O)(=O)c2ccccc2N=O)C1. The molecule has 1 fully saturated rings. The van der Waals surface area contributed by atoms with Crippen LogP contribution in [0.1, 0.15) is 13.3 Å². The van der Waals surface area contributed by atoms with Gasteiger partial charge in [-0.05, 0) is 24.2 Å². The van der Waals surface area contributed by atoms with Crippen LogP contribution < -0.4 is 0 Å². The monoisotopic (exact) mass is 340 g/mol. The fourth-order valence-corrected chi connectivity index (χ4v) is 3.88. The van der Waals surface area contributed by atoms with Crippen molar-refractivity contribution >= 4 is 27.5 Å². The lowest BCUT2D eigenvalue weighted by Gasteiger charge is -2.37. The minimum atomic E-state index is -3.88. The van der Waals surface area contributed by atoms with Crippen LogP contribution in [0.2, 0.25) is 0 Å². The van der Waals surface area contributed by atoms with Crippen LogP contribution in [0.3, 0.4) is 0 Å². The van der Waals surface area contributed by atoms with Crippen molar-refractivity contribution in [1.29, 1.82) is 0 Å². The van der Waals surface area contributed by atoms with Crippen molar-refractivity contribution in [2.45, 2.75) is 18.2 Å². The van der Waals surface area contributed by atoms with Crippen LogP contribution in [0.25, 0.3) is 0 Å². The number of nitroso groups, excluding NO2 is 1. The number of benzene rings is 1. The number of rotatable bonds is 7. The highest BCUT2D eigenvalue weighted by Gasteiger charge is 2.41. The van der Waals surface area contributed by atoms with Crippen LogP contribution in [-0.4, -0.2) is 44.2 Å². The number of carbonyl (C=O) groups excluding carboxylic acids is 2. The fraction of sp³-hybridized carbons (Fsp3) is 0.429. The van der Waals surface area contributed by atoms with E-state index in [0.717, 1.165) is 4.31 Å². The van der Waals surface area contributed by atoms with E-state index in [4.69, 9.17) is 0 Å². The summed E-state index contributed by atoms with van der Waals surface area (Å²) in [6.07, 6.45) is -0.362. The third-order valence-electron chi connectivity index (χ3n) is 3.51.